The molecule has 0 spiro atoms. The average molecular weight is 376 g/mol. The maximum atomic E-state index is 14.0. The summed E-state index contributed by atoms with van der Waals surface area (Å²) in [5, 5.41) is 0.924. The van der Waals surface area contributed by atoms with E-state index >= 15 is 0 Å². The predicted molar refractivity (Wildman–Crippen MR) is 116 cm³/mol. The Balaban J connectivity index is 1.86. The summed E-state index contributed by atoms with van der Waals surface area (Å²) in [7, 11) is 0. The van der Waals surface area contributed by atoms with Gasteiger partial charge >= 0.3 is 6.42 Å². The Morgan fingerprint density at radius 2 is 1.34 bits per heavy atom. The van der Waals surface area contributed by atoms with E-state index in [-0.39, 0.29) is 5.82 Å². The Hall–Kier alpha value is -3.66. The fourth-order valence-corrected chi connectivity index (χ4v) is 5.18. The predicted octanol–water partition coefficient (Wildman–Crippen LogP) is 3.70. The maximum Gasteiger partial charge on any atom is 0.435 e. The molecule has 138 valence electrons. The van der Waals surface area contributed by atoms with Crippen LogP contribution in [0.3, 0.4) is 0 Å². The van der Waals surface area contributed by atoms with Crippen molar-refractivity contribution in [3.8, 4) is 11.4 Å². The molecule has 0 bridgehead atoms. The molecule has 0 unspecified atom stereocenters. The summed E-state index contributed by atoms with van der Waals surface area (Å²) in [5.41, 5.74) is 5.72. The zero-order valence-corrected chi connectivity index (χ0v) is 15.7. The van der Waals surface area contributed by atoms with Crippen LogP contribution in [0, 0.1) is 5.82 Å². The van der Waals surface area contributed by atoms with Crippen LogP contribution in [0.4, 0.5) is 4.39 Å². The van der Waals surface area contributed by atoms with E-state index in [1.807, 2.05) is 18.2 Å². The molecule has 0 amide bonds. The van der Waals surface area contributed by atoms with Gasteiger partial charge in [0.2, 0.25) is 0 Å². The van der Waals surface area contributed by atoms with Crippen molar-refractivity contribution in [2.45, 2.75) is 0 Å². The quantitative estimate of drug-likeness (QED) is 0.408. The summed E-state index contributed by atoms with van der Waals surface area (Å²) in [4.78, 5) is 0. The van der Waals surface area contributed by atoms with E-state index in [2.05, 4.69) is 87.9 Å². The second kappa shape index (κ2) is 5.92. The van der Waals surface area contributed by atoms with Crippen molar-refractivity contribution in [1.29, 1.82) is 0 Å². The van der Waals surface area contributed by atoms with E-state index in [1.165, 1.54) is 10.9 Å². The van der Waals surface area contributed by atoms with Crippen molar-refractivity contribution in [2.75, 3.05) is 0 Å². The van der Waals surface area contributed by atoms with Crippen molar-refractivity contribution >= 4 is 28.2 Å². The SMILES string of the molecule is Fc1ccc2c(c1)cc1n2[B-](c2ccccc2)(c2ccccc2)[n+]2ccccc2-1. The van der Waals surface area contributed by atoms with Crippen LogP contribution >= 0.6 is 0 Å². The summed E-state index contributed by atoms with van der Waals surface area (Å²) in [5.74, 6) is -0.208. The molecule has 0 atom stereocenters. The van der Waals surface area contributed by atoms with Crippen LogP contribution in [0.1, 0.15) is 0 Å². The van der Waals surface area contributed by atoms with E-state index in [0.29, 0.717) is 0 Å². The lowest BCUT2D eigenvalue weighted by molar-refractivity contribution is -0.527. The van der Waals surface area contributed by atoms with Crippen molar-refractivity contribution in [1.82, 2.24) is 4.48 Å². The molecule has 4 heteroatoms. The smallest absolute Gasteiger partial charge is 0.435 e. The number of rotatable bonds is 2. The number of hydrogen-bond acceptors (Lipinski definition) is 0. The number of halogens is 1. The number of nitrogens with zero attached hydrogens (tertiary/aromatic N) is 2. The molecule has 1 aliphatic heterocycles. The number of aromatic nitrogens is 2. The minimum Gasteiger partial charge on any atom is -0.442 e. The Kier molecular flexibility index (Phi) is 3.33. The summed E-state index contributed by atoms with van der Waals surface area (Å²) in [6.07, 6.45) is 0.650. The van der Waals surface area contributed by atoms with Gasteiger partial charge in [0.1, 0.15) is 12.0 Å². The molecule has 29 heavy (non-hydrogen) atoms. The summed E-state index contributed by atoms with van der Waals surface area (Å²) >= 11 is 0. The molecule has 0 N–H and O–H groups in total. The normalized spacial score (nSPS) is 14.0. The highest BCUT2D eigenvalue weighted by molar-refractivity contribution is 6.96. The van der Waals surface area contributed by atoms with Gasteiger partial charge in [-0.15, -0.1) is 10.9 Å². The van der Waals surface area contributed by atoms with Crippen molar-refractivity contribution in [3.05, 3.63) is 115 Å². The third kappa shape index (κ3) is 2.09. The Labute approximate surface area is 168 Å². The van der Waals surface area contributed by atoms with Crippen molar-refractivity contribution < 1.29 is 8.87 Å². The number of benzene rings is 3. The lowest BCUT2D eigenvalue weighted by Crippen LogP contribution is -2.80. The molecule has 0 aliphatic carbocycles. The van der Waals surface area contributed by atoms with Crippen molar-refractivity contribution in [2.24, 2.45) is 0 Å². The molecule has 5 aromatic rings. The van der Waals surface area contributed by atoms with Gasteiger partial charge in [0.25, 0.3) is 0 Å². The maximum absolute atomic E-state index is 14.0. The summed E-state index contributed by atoms with van der Waals surface area (Å²) in [6, 6.07) is 34.7. The topological polar surface area (TPSA) is 8.81 Å². The van der Waals surface area contributed by atoms with Crippen LogP contribution in [0.5, 0.6) is 0 Å². The number of pyridine rings is 1. The molecule has 0 saturated heterocycles. The Morgan fingerprint density at radius 3 is 2.03 bits per heavy atom. The molecule has 0 radical (unpaired) electrons. The fourth-order valence-electron chi connectivity index (χ4n) is 5.18. The first kappa shape index (κ1) is 16.3. The summed E-state index contributed by atoms with van der Waals surface area (Å²) in [6.45, 7) is 0. The highest BCUT2D eigenvalue weighted by Gasteiger charge is 2.50. The van der Waals surface area contributed by atoms with Crippen molar-refractivity contribution in [3.63, 3.8) is 0 Å². The molecule has 6 rings (SSSR count). The second-order valence-electron chi connectivity index (χ2n) is 7.69. The molecule has 2 aromatic heterocycles. The standard InChI is InChI=1S/C25H18BFN2/c27-22-14-15-23-19(17-22)18-25-24-13-7-8-16-28(24)26(29(23)25,20-9-3-1-4-10-20)21-11-5-2-6-12-21/h1-18H. The minimum atomic E-state index is -1.51. The largest absolute Gasteiger partial charge is 0.442 e. The first-order chi connectivity index (χ1) is 14.3. The molecule has 2 nitrogen and oxygen atoms in total. The molecule has 0 saturated carbocycles. The lowest BCUT2D eigenvalue weighted by Gasteiger charge is -2.34. The first-order valence-corrected chi connectivity index (χ1v) is 9.89. The third-order valence-electron chi connectivity index (χ3n) is 6.26. The van der Waals surface area contributed by atoms with E-state index in [4.69, 9.17) is 0 Å². The van der Waals surface area contributed by atoms with E-state index in [1.54, 1.807) is 12.1 Å². The molecule has 3 heterocycles. The van der Waals surface area contributed by atoms with Crippen LogP contribution in [-0.2, 0) is 0 Å². The molecular weight excluding hydrogens is 358 g/mol. The van der Waals surface area contributed by atoms with Gasteiger partial charge in [0.15, 0.2) is 5.69 Å². The molecule has 0 fully saturated rings. The second-order valence-corrected chi connectivity index (χ2v) is 7.69. The average Bonchev–Trinajstić information content (AvgIpc) is 3.28. The Morgan fingerprint density at radius 1 is 0.690 bits per heavy atom. The van der Waals surface area contributed by atoms with E-state index < -0.39 is 6.42 Å². The minimum absolute atomic E-state index is 0.208. The molecular formula is C25H18BFN2. The van der Waals surface area contributed by atoms with Gasteiger partial charge in [-0.05, 0) is 35.7 Å². The first-order valence-electron chi connectivity index (χ1n) is 9.89. The zero-order chi connectivity index (χ0) is 19.4. The summed E-state index contributed by atoms with van der Waals surface area (Å²) < 4.78 is 18.8. The van der Waals surface area contributed by atoms with Crippen LogP contribution in [0.15, 0.2) is 109 Å². The van der Waals surface area contributed by atoms with Crippen LogP contribution in [0.2, 0.25) is 0 Å². The van der Waals surface area contributed by atoms with Gasteiger partial charge in [-0.3, -0.25) is 0 Å². The van der Waals surface area contributed by atoms with Gasteiger partial charge in [0.05, 0.1) is 5.69 Å². The van der Waals surface area contributed by atoms with Crippen LogP contribution in [-0.4, -0.2) is 10.9 Å². The van der Waals surface area contributed by atoms with Gasteiger partial charge in [-0.1, -0.05) is 66.7 Å². The number of hydrogen-bond donors (Lipinski definition) is 0. The van der Waals surface area contributed by atoms with Gasteiger partial charge in [0, 0.05) is 11.6 Å². The van der Waals surface area contributed by atoms with Gasteiger partial charge < -0.3 is 8.96 Å². The molecule has 1 aliphatic rings. The van der Waals surface area contributed by atoms with Gasteiger partial charge in [-0.2, -0.15) is 0 Å². The lowest BCUT2D eigenvalue weighted by atomic mass is 9.37. The van der Waals surface area contributed by atoms with Gasteiger partial charge in [-0.25, -0.2) is 4.39 Å². The highest BCUT2D eigenvalue weighted by atomic mass is 19.1. The van der Waals surface area contributed by atoms with E-state index in [0.717, 1.165) is 22.3 Å². The number of fused-ring (bicyclic) bond motifs is 5. The fraction of sp³-hybridized carbons (Fsp3) is 0. The Bertz CT molecular complexity index is 1320. The van der Waals surface area contributed by atoms with Crippen LogP contribution in [0.25, 0.3) is 22.3 Å². The monoisotopic (exact) mass is 376 g/mol. The zero-order valence-electron chi connectivity index (χ0n) is 15.7. The third-order valence-corrected chi connectivity index (χ3v) is 6.26. The van der Waals surface area contributed by atoms with E-state index in [9.17, 15) is 4.39 Å². The molecule has 3 aromatic carbocycles. The van der Waals surface area contributed by atoms with Crippen LogP contribution < -0.4 is 15.4 Å². The highest BCUT2D eigenvalue weighted by Crippen LogP contribution is 2.34.